The van der Waals surface area contributed by atoms with Gasteiger partial charge >= 0.3 is 0 Å². The van der Waals surface area contributed by atoms with E-state index in [2.05, 4.69) is 0 Å². The smallest absolute Gasteiger partial charge is 0.270 e. The summed E-state index contributed by atoms with van der Waals surface area (Å²) in [6.45, 7) is 6.36. The molecule has 0 radical (unpaired) electrons. The zero-order valence-electron chi connectivity index (χ0n) is 12.0. The highest BCUT2D eigenvalue weighted by molar-refractivity contribution is 7.89. The minimum Gasteiger partial charge on any atom is -0.339 e. The minimum atomic E-state index is -3.79. The number of nitrogens with zero attached hydrogens (tertiary/aromatic N) is 2. The Morgan fingerprint density at radius 3 is 2.50 bits per heavy atom. The van der Waals surface area contributed by atoms with Crippen molar-refractivity contribution in [3.8, 4) is 0 Å². The number of nitrogens with two attached hydrogens (primary N) is 1. The summed E-state index contributed by atoms with van der Waals surface area (Å²) in [4.78, 5) is 14.3. The SMILES string of the molecule is CCN(C(=O)c1cc(S(N)(=O)=O)cn1C1CC1)C(C)C. The van der Waals surface area contributed by atoms with Crippen molar-refractivity contribution in [3.05, 3.63) is 18.0 Å². The van der Waals surface area contributed by atoms with Crippen molar-refractivity contribution < 1.29 is 13.2 Å². The molecule has 20 heavy (non-hydrogen) atoms. The van der Waals surface area contributed by atoms with E-state index in [1.165, 1.54) is 12.3 Å². The number of hydrogen-bond donors (Lipinski definition) is 1. The highest BCUT2D eigenvalue weighted by atomic mass is 32.2. The van der Waals surface area contributed by atoms with Gasteiger partial charge in [0.05, 0.1) is 0 Å². The fourth-order valence-electron chi connectivity index (χ4n) is 2.33. The third-order valence-corrected chi connectivity index (χ3v) is 4.42. The van der Waals surface area contributed by atoms with Crippen molar-refractivity contribution in [1.82, 2.24) is 9.47 Å². The van der Waals surface area contributed by atoms with Crippen LogP contribution in [0.1, 0.15) is 50.1 Å². The minimum absolute atomic E-state index is 0.00700. The largest absolute Gasteiger partial charge is 0.339 e. The molecule has 0 saturated heterocycles. The van der Waals surface area contributed by atoms with E-state index in [9.17, 15) is 13.2 Å². The Balaban J connectivity index is 2.44. The van der Waals surface area contributed by atoms with Crippen molar-refractivity contribution in [2.75, 3.05) is 6.54 Å². The number of carbonyl (C=O) groups excluding carboxylic acids is 1. The van der Waals surface area contributed by atoms with Crippen LogP contribution in [0, 0.1) is 0 Å². The van der Waals surface area contributed by atoms with E-state index < -0.39 is 10.0 Å². The lowest BCUT2D eigenvalue weighted by Gasteiger charge is -2.25. The molecule has 1 aromatic heterocycles. The normalized spacial score (nSPS) is 15.7. The molecule has 0 unspecified atom stereocenters. The number of hydrogen-bond acceptors (Lipinski definition) is 3. The Labute approximate surface area is 119 Å². The van der Waals surface area contributed by atoms with Crippen molar-refractivity contribution in [3.63, 3.8) is 0 Å². The zero-order chi connectivity index (χ0) is 15.1. The number of aromatic nitrogens is 1. The summed E-state index contributed by atoms with van der Waals surface area (Å²) < 4.78 is 24.7. The van der Waals surface area contributed by atoms with Crippen LogP contribution >= 0.6 is 0 Å². The van der Waals surface area contributed by atoms with Gasteiger partial charge in [0, 0.05) is 24.8 Å². The van der Waals surface area contributed by atoms with Crippen LogP contribution in [0.4, 0.5) is 0 Å². The summed E-state index contributed by atoms with van der Waals surface area (Å²) in [7, 11) is -3.79. The van der Waals surface area contributed by atoms with E-state index in [0.29, 0.717) is 12.2 Å². The van der Waals surface area contributed by atoms with E-state index in [0.717, 1.165) is 12.8 Å². The molecule has 1 heterocycles. The van der Waals surface area contributed by atoms with Crippen LogP contribution in [0.2, 0.25) is 0 Å². The molecule has 0 atom stereocenters. The predicted molar refractivity (Wildman–Crippen MR) is 75.9 cm³/mol. The van der Waals surface area contributed by atoms with Crippen LogP contribution in [0.3, 0.4) is 0 Å². The molecule has 1 saturated carbocycles. The molecule has 1 amide bonds. The Morgan fingerprint density at radius 1 is 1.50 bits per heavy atom. The van der Waals surface area contributed by atoms with Gasteiger partial charge in [-0.2, -0.15) is 0 Å². The quantitative estimate of drug-likeness (QED) is 0.890. The van der Waals surface area contributed by atoms with E-state index in [1.807, 2.05) is 20.8 Å². The van der Waals surface area contributed by atoms with Crippen LogP contribution in [0.5, 0.6) is 0 Å². The molecular formula is C13H21N3O3S. The van der Waals surface area contributed by atoms with E-state index >= 15 is 0 Å². The van der Waals surface area contributed by atoms with Crippen LogP contribution in [0.25, 0.3) is 0 Å². The van der Waals surface area contributed by atoms with Crippen molar-refractivity contribution in [2.45, 2.75) is 50.6 Å². The molecule has 0 aromatic carbocycles. The Kier molecular flexibility index (Phi) is 3.93. The summed E-state index contributed by atoms with van der Waals surface area (Å²) in [6.07, 6.45) is 3.41. The van der Waals surface area contributed by atoms with Gasteiger partial charge in [-0.05, 0) is 39.7 Å². The molecule has 0 aliphatic heterocycles. The molecular weight excluding hydrogens is 278 g/mol. The van der Waals surface area contributed by atoms with Gasteiger partial charge in [-0.25, -0.2) is 13.6 Å². The Morgan fingerprint density at radius 2 is 2.10 bits per heavy atom. The first-order valence-electron chi connectivity index (χ1n) is 6.81. The average Bonchev–Trinajstić information content (AvgIpc) is 3.06. The molecule has 1 aromatic rings. The molecule has 6 nitrogen and oxygen atoms in total. The first-order valence-corrected chi connectivity index (χ1v) is 8.36. The van der Waals surface area contributed by atoms with Crippen molar-refractivity contribution >= 4 is 15.9 Å². The third kappa shape index (κ3) is 2.88. The first kappa shape index (κ1) is 15.1. The van der Waals surface area contributed by atoms with Crippen LogP contribution < -0.4 is 5.14 Å². The maximum Gasteiger partial charge on any atom is 0.270 e. The maximum atomic E-state index is 12.6. The topological polar surface area (TPSA) is 85.4 Å². The monoisotopic (exact) mass is 299 g/mol. The summed E-state index contributed by atoms with van der Waals surface area (Å²) in [5, 5.41) is 5.16. The summed E-state index contributed by atoms with van der Waals surface area (Å²) in [5.41, 5.74) is 0.409. The predicted octanol–water partition coefficient (Wildman–Crippen LogP) is 1.34. The summed E-state index contributed by atoms with van der Waals surface area (Å²) >= 11 is 0. The molecule has 1 fully saturated rings. The average molecular weight is 299 g/mol. The zero-order valence-corrected chi connectivity index (χ0v) is 12.9. The third-order valence-electron chi connectivity index (χ3n) is 3.54. The van der Waals surface area contributed by atoms with E-state index in [4.69, 9.17) is 5.14 Å². The second-order valence-corrected chi connectivity index (χ2v) is 6.99. The number of sulfonamides is 1. The lowest BCUT2D eigenvalue weighted by Crippen LogP contribution is -2.37. The van der Waals surface area contributed by atoms with Crippen LogP contribution in [-0.4, -0.2) is 36.4 Å². The molecule has 7 heteroatoms. The lowest BCUT2D eigenvalue weighted by molar-refractivity contribution is 0.0705. The fraction of sp³-hybridized carbons (Fsp3) is 0.615. The number of rotatable bonds is 5. The van der Waals surface area contributed by atoms with Gasteiger partial charge in [0.1, 0.15) is 10.6 Å². The molecule has 2 rings (SSSR count). The molecule has 0 spiro atoms. The molecule has 112 valence electrons. The second-order valence-electron chi connectivity index (χ2n) is 5.43. The molecule has 1 aliphatic carbocycles. The summed E-state index contributed by atoms with van der Waals surface area (Å²) in [5.74, 6) is -0.149. The Bertz CT molecular complexity index is 615. The standard InChI is InChI=1S/C13H21N3O3S/c1-4-15(9(2)3)13(17)12-7-11(20(14,18)19)8-16(12)10-5-6-10/h7-10H,4-6H2,1-3H3,(H2,14,18,19). The van der Waals surface area contributed by atoms with Gasteiger partial charge in [-0.1, -0.05) is 0 Å². The van der Waals surface area contributed by atoms with E-state index in [-0.39, 0.29) is 22.9 Å². The van der Waals surface area contributed by atoms with Gasteiger partial charge in [-0.3, -0.25) is 4.79 Å². The van der Waals surface area contributed by atoms with Gasteiger partial charge in [0.15, 0.2) is 0 Å². The van der Waals surface area contributed by atoms with Gasteiger partial charge in [0.25, 0.3) is 5.91 Å². The molecule has 1 aliphatic rings. The first-order chi connectivity index (χ1) is 9.25. The molecule has 2 N–H and O–H groups in total. The number of carbonyl (C=O) groups is 1. The van der Waals surface area contributed by atoms with E-state index in [1.54, 1.807) is 9.47 Å². The second kappa shape index (κ2) is 5.21. The van der Waals surface area contributed by atoms with Gasteiger partial charge in [0.2, 0.25) is 10.0 Å². The van der Waals surface area contributed by atoms with Crippen LogP contribution in [0.15, 0.2) is 17.2 Å². The van der Waals surface area contributed by atoms with Crippen molar-refractivity contribution in [1.29, 1.82) is 0 Å². The highest BCUT2D eigenvalue weighted by Crippen LogP contribution is 2.37. The number of primary sulfonamides is 1. The number of amides is 1. The Hall–Kier alpha value is -1.34. The maximum absolute atomic E-state index is 12.6. The lowest BCUT2D eigenvalue weighted by atomic mass is 10.2. The fourth-order valence-corrected chi connectivity index (χ4v) is 2.86. The summed E-state index contributed by atoms with van der Waals surface area (Å²) in [6, 6.07) is 1.67. The van der Waals surface area contributed by atoms with Gasteiger partial charge < -0.3 is 9.47 Å². The highest BCUT2D eigenvalue weighted by Gasteiger charge is 2.31. The molecule has 0 bridgehead atoms. The van der Waals surface area contributed by atoms with Gasteiger partial charge in [-0.15, -0.1) is 0 Å². The van der Waals surface area contributed by atoms with Crippen LogP contribution in [-0.2, 0) is 10.0 Å². The van der Waals surface area contributed by atoms with Crippen molar-refractivity contribution in [2.24, 2.45) is 5.14 Å².